The van der Waals surface area contributed by atoms with E-state index in [0.717, 1.165) is 42.2 Å². The van der Waals surface area contributed by atoms with Crippen LogP contribution in [0.5, 0.6) is 0 Å². The third-order valence-electron chi connectivity index (χ3n) is 3.54. The number of nitrogens with two attached hydrogens (primary N) is 1. The van der Waals surface area contributed by atoms with Gasteiger partial charge in [-0.15, -0.1) is 0 Å². The van der Waals surface area contributed by atoms with Gasteiger partial charge in [-0.05, 0) is 18.6 Å². The fourth-order valence-corrected chi connectivity index (χ4v) is 2.50. The van der Waals surface area contributed by atoms with Gasteiger partial charge in [0.1, 0.15) is 11.9 Å². The van der Waals surface area contributed by atoms with Gasteiger partial charge in [0, 0.05) is 18.5 Å². The summed E-state index contributed by atoms with van der Waals surface area (Å²) in [5.41, 5.74) is 10.7. The number of anilines is 1. The fraction of sp³-hybridized carbons (Fsp3) is 0.200. The quantitative estimate of drug-likeness (QED) is 0.452. The summed E-state index contributed by atoms with van der Waals surface area (Å²) in [7, 11) is 0. The summed E-state index contributed by atoms with van der Waals surface area (Å²) >= 11 is 0. The van der Waals surface area contributed by atoms with Crippen LogP contribution in [0.15, 0.2) is 35.6 Å². The average Bonchev–Trinajstić information content (AvgIpc) is 3.10. The first-order chi connectivity index (χ1) is 10.7. The first kappa shape index (κ1) is 13.8. The number of rotatable bonds is 4. The topological polar surface area (TPSA) is 116 Å². The Morgan fingerprint density at radius 1 is 1.50 bits per heavy atom. The van der Waals surface area contributed by atoms with Gasteiger partial charge in [0.25, 0.3) is 0 Å². The summed E-state index contributed by atoms with van der Waals surface area (Å²) in [6.45, 7) is 0.989. The van der Waals surface area contributed by atoms with Crippen LogP contribution >= 0.6 is 0 Å². The van der Waals surface area contributed by atoms with Crippen LogP contribution < -0.4 is 11.2 Å². The zero-order valence-corrected chi connectivity index (χ0v) is 11.9. The van der Waals surface area contributed by atoms with Crippen molar-refractivity contribution in [1.82, 2.24) is 9.55 Å². The van der Waals surface area contributed by atoms with E-state index in [1.165, 1.54) is 0 Å². The third-order valence-corrected chi connectivity index (χ3v) is 3.54. The normalized spacial score (nSPS) is 13.5. The molecule has 0 radical (unpaired) electrons. The molecule has 0 fully saturated rings. The van der Waals surface area contributed by atoms with E-state index < -0.39 is 0 Å². The highest BCUT2D eigenvalue weighted by Gasteiger charge is 2.16. The van der Waals surface area contributed by atoms with E-state index in [2.05, 4.69) is 20.1 Å². The van der Waals surface area contributed by atoms with E-state index in [9.17, 15) is 0 Å². The minimum Gasteiger partial charge on any atom is -0.382 e. The third kappa shape index (κ3) is 2.54. The van der Waals surface area contributed by atoms with Crippen molar-refractivity contribution in [3.8, 4) is 17.3 Å². The van der Waals surface area contributed by atoms with Crippen LogP contribution in [-0.2, 0) is 13.0 Å². The number of hydrogen-bond acceptors (Lipinski definition) is 5. The van der Waals surface area contributed by atoms with E-state index in [-0.39, 0.29) is 11.5 Å². The zero-order chi connectivity index (χ0) is 15.5. The number of aryl methyl sites for hydroxylation is 1. The molecule has 0 unspecified atom stereocenters. The molecule has 0 bridgehead atoms. The second kappa shape index (κ2) is 5.69. The number of benzene rings is 1. The molecular weight excluding hydrogens is 278 g/mol. The molecule has 7 nitrogen and oxygen atoms in total. The van der Waals surface area contributed by atoms with Gasteiger partial charge in [-0.3, -0.25) is 10.8 Å². The van der Waals surface area contributed by atoms with Crippen LogP contribution in [0.1, 0.15) is 12.2 Å². The van der Waals surface area contributed by atoms with Crippen molar-refractivity contribution in [2.24, 2.45) is 10.8 Å². The maximum absolute atomic E-state index is 8.83. The van der Waals surface area contributed by atoms with Crippen molar-refractivity contribution in [2.75, 3.05) is 5.43 Å². The molecule has 1 aliphatic heterocycles. The number of fused-ring (bicyclic) bond motifs is 1. The molecule has 1 aliphatic rings. The summed E-state index contributed by atoms with van der Waals surface area (Å²) in [4.78, 5) is 4.44. The van der Waals surface area contributed by atoms with E-state index in [0.29, 0.717) is 0 Å². The SMILES string of the molecule is N#C/C(=N\Nc1cccc(-c2cnc3n2CCC3)c1)C(=N)N. The molecule has 1 aromatic carbocycles. The Bertz CT molecular complexity index is 794. The van der Waals surface area contributed by atoms with E-state index in [1.54, 1.807) is 6.07 Å². The molecule has 1 aromatic heterocycles. The lowest BCUT2D eigenvalue weighted by Crippen LogP contribution is -2.21. The standard InChI is InChI=1S/C15H15N7/c16-8-12(15(17)18)21-20-11-4-1-3-10(7-11)13-9-19-14-5-2-6-22(13)14/h1,3-4,7,9,20H,2,5-6H2,(H3,17,18)/b21-12+. The molecule has 3 rings (SSSR count). The molecule has 4 N–H and O–H groups in total. The van der Waals surface area contributed by atoms with E-state index in [4.69, 9.17) is 16.4 Å². The van der Waals surface area contributed by atoms with Gasteiger partial charge in [0.2, 0.25) is 5.71 Å². The molecule has 0 aliphatic carbocycles. The highest BCUT2D eigenvalue weighted by atomic mass is 15.3. The Labute approximate surface area is 127 Å². The number of amidine groups is 1. The van der Waals surface area contributed by atoms with Gasteiger partial charge in [-0.2, -0.15) is 10.4 Å². The van der Waals surface area contributed by atoms with Gasteiger partial charge in [0.15, 0.2) is 5.84 Å². The van der Waals surface area contributed by atoms with Gasteiger partial charge in [-0.1, -0.05) is 12.1 Å². The second-order valence-corrected chi connectivity index (χ2v) is 4.99. The lowest BCUT2D eigenvalue weighted by molar-refractivity contribution is 0.756. The second-order valence-electron chi connectivity index (χ2n) is 4.99. The van der Waals surface area contributed by atoms with Crippen LogP contribution in [0.3, 0.4) is 0 Å². The van der Waals surface area contributed by atoms with Crippen molar-refractivity contribution < 1.29 is 0 Å². The number of nitrogens with zero attached hydrogens (tertiary/aromatic N) is 4. The molecule has 0 atom stereocenters. The summed E-state index contributed by atoms with van der Waals surface area (Å²) in [5, 5.41) is 19.9. The van der Waals surface area contributed by atoms with Gasteiger partial charge >= 0.3 is 0 Å². The molecule has 0 saturated carbocycles. The summed E-state index contributed by atoms with van der Waals surface area (Å²) in [6.07, 6.45) is 4.03. The van der Waals surface area contributed by atoms with Gasteiger partial charge in [0.05, 0.1) is 17.6 Å². The highest BCUT2D eigenvalue weighted by Crippen LogP contribution is 2.27. The number of hydrazone groups is 1. The Hall–Kier alpha value is -3.14. The highest BCUT2D eigenvalue weighted by molar-refractivity contribution is 6.45. The maximum Gasteiger partial charge on any atom is 0.201 e. The molecular formula is C15H15N7. The van der Waals surface area contributed by atoms with Crippen molar-refractivity contribution in [2.45, 2.75) is 19.4 Å². The molecule has 0 amide bonds. The molecule has 110 valence electrons. The molecule has 2 heterocycles. The maximum atomic E-state index is 8.83. The van der Waals surface area contributed by atoms with Crippen molar-refractivity contribution in [3.63, 3.8) is 0 Å². The van der Waals surface area contributed by atoms with Crippen molar-refractivity contribution >= 4 is 17.2 Å². The van der Waals surface area contributed by atoms with Crippen LogP contribution in [-0.4, -0.2) is 21.1 Å². The largest absolute Gasteiger partial charge is 0.382 e. The van der Waals surface area contributed by atoms with E-state index >= 15 is 0 Å². The lowest BCUT2D eigenvalue weighted by atomic mass is 10.1. The van der Waals surface area contributed by atoms with Crippen LogP contribution in [0.2, 0.25) is 0 Å². The number of imidazole rings is 1. The molecule has 0 saturated heterocycles. The predicted molar refractivity (Wildman–Crippen MR) is 84.6 cm³/mol. The minimum absolute atomic E-state index is 0.143. The van der Waals surface area contributed by atoms with Crippen LogP contribution in [0.4, 0.5) is 5.69 Å². The monoisotopic (exact) mass is 293 g/mol. The molecule has 7 heteroatoms. The number of nitriles is 1. The first-order valence-corrected chi connectivity index (χ1v) is 6.92. The predicted octanol–water partition coefficient (Wildman–Crippen LogP) is 1.72. The number of nitrogens with one attached hydrogen (secondary N) is 2. The first-order valence-electron chi connectivity index (χ1n) is 6.92. The Morgan fingerprint density at radius 3 is 3.14 bits per heavy atom. The summed E-state index contributed by atoms with van der Waals surface area (Å²) in [6, 6.07) is 9.45. The Balaban J connectivity index is 1.87. The van der Waals surface area contributed by atoms with Gasteiger partial charge in [-0.25, -0.2) is 4.98 Å². The number of aromatic nitrogens is 2. The average molecular weight is 293 g/mol. The Morgan fingerprint density at radius 2 is 2.36 bits per heavy atom. The Kier molecular flexibility index (Phi) is 3.58. The summed E-state index contributed by atoms with van der Waals surface area (Å²) < 4.78 is 2.22. The van der Waals surface area contributed by atoms with Crippen LogP contribution in [0, 0.1) is 16.7 Å². The van der Waals surface area contributed by atoms with Crippen molar-refractivity contribution in [1.29, 1.82) is 10.7 Å². The molecule has 22 heavy (non-hydrogen) atoms. The number of hydrogen-bond donors (Lipinski definition) is 3. The molecule has 0 spiro atoms. The van der Waals surface area contributed by atoms with Crippen molar-refractivity contribution in [3.05, 3.63) is 36.3 Å². The smallest absolute Gasteiger partial charge is 0.201 e. The zero-order valence-electron chi connectivity index (χ0n) is 11.9. The van der Waals surface area contributed by atoms with E-state index in [1.807, 2.05) is 30.5 Å². The van der Waals surface area contributed by atoms with Gasteiger partial charge < -0.3 is 10.3 Å². The minimum atomic E-state index is -0.361. The van der Waals surface area contributed by atoms with Crippen LogP contribution in [0.25, 0.3) is 11.3 Å². The fourth-order valence-electron chi connectivity index (χ4n) is 2.50. The lowest BCUT2D eigenvalue weighted by Gasteiger charge is -2.07. The summed E-state index contributed by atoms with van der Waals surface area (Å²) in [5.74, 6) is 0.759. The molecule has 2 aromatic rings.